The fraction of sp³-hybridized carbons (Fsp3) is 0.400. The van der Waals surface area contributed by atoms with Crippen molar-refractivity contribution in [2.45, 2.75) is 12.7 Å². The number of anilines is 1. The van der Waals surface area contributed by atoms with E-state index in [-0.39, 0.29) is 12.2 Å². The Labute approximate surface area is 88.2 Å². The van der Waals surface area contributed by atoms with E-state index in [4.69, 9.17) is 15.2 Å². The van der Waals surface area contributed by atoms with Crippen molar-refractivity contribution in [3.05, 3.63) is 24.0 Å². The zero-order chi connectivity index (χ0) is 11.3. The monoisotopic (exact) mass is 210 g/mol. The number of nitrogens with two attached hydrogens (primary N) is 1. The largest absolute Gasteiger partial charge is 0.398 e. The highest BCUT2D eigenvalue weighted by atomic mass is 16.7. The number of carbonyl (C=O) groups excluding carboxylic acids is 1. The van der Waals surface area contributed by atoms with Gasteiger partial charge >= 0.3 is 0 Å². The molecule has 0 radical (unpaired) electrons. The maximum Gasteiger partial charge on any atom is 0.217 e. The van der Waals surface area contributed by atoms with Gasteiger partial charge in [-0.1, -0.05) is 0 Å². The van der Waals surface area contributed by atoms with Gasteiger partial charge in [0.05, 0.1) is 0 Å². The summed E-state index contributed by atoms with van der Waals surface area (Å²) in [5.74, 6) is -0.181. The minimum absolute atomic E-state index is 0.159. The number of carbonyl (C=O) groups is 1. The van der Waals surface area contributed by atoms with Gasteiger partial charge in [0.25, 0.3) is 0 Å². The van der Waals surface area contributed by atoms with E-state index in [1.54, 1.807) is 18.5 Å². The van der Waals surface area contributed by atoms with Crippen molar-refractivity contribution in [1.82, 2.24) is 4.98 Å². The number of ether oxygens (including phenoxy) is 2. The molecule has 0 amide bonds. The third-order valence-corrected chi connectivity index (χ3v) is 2.00. The molecule has 0 aromatic carbocycles. The lowest BCUT2D eigenvalue weighted by Crippen LogP contribution is -2.26. The quantitative estimate of drug-likeness (QED) is 0.712. The smallest absolute Gasteiger partial charge is 0.217 e. The molecule has 0 bridgehead atoms. The highest BCUT2D eigenvalue weighted by Crippen LogP contribution is 2.11. The van der Waals surface area contributed by atoms with Crippen LogP contribution in [-0.4, -0.2) is 31.3 Å². The third-order valence-electron chi connectivity index (χ3n) is 2.00. The molecule has 2 N–H and O–H groups in total. The summed E-state index contributed by atoms with van der Waals surface area (Å²) in [6.07, 6.45) is 2.46. The van der Waals surface area contributed by atoms with E-state index in [0.29, 0.717) is 11.3 Å². The summed E-state index contributed by atoms with van der Waals surface area (Å²) >= 11 is 0. The van der Waals surface area contributed by atoms with Crippen molar-refractivity contribution < 1.29 is 14.3 Å². The van der Waals surface area contributed by atoms with Crippen LogP contribution in [0.3, 0.4) is 0 Å². The molecule has 5 nitrogen and oxygen atoms in total. The van der Waals surface area contributed by atoms with Gasteiger partial charge in [0.15, 0.2) is 5.78 Å². The Morgan fingerprint density at radius 3 is 2.73 bits per heavy atom. The summed E-state index contributed by atoms with van der Waals surface area (Å²) in [5.41, 5.74) is 6.91. The lowest BCUT2D eigenvalue weighted by Gasteiger charge is -2.12. The van der Waals surface area contributed by atoms with E-state index in [1.807, 2.05) is 0 Å². The number of nitrogen functional groups attached to an aromatic ring is 1. The summed E-state index contributed by atoms with van der Waals surface area (Å²) in [5, 5.41) is 0. The second-order valence-electron chi connectivity index (χ2n) is 3.02. The van der Waals surface area contributed by atoms with E-state index < -0.39 is 6.29 Å². The van der Waals surface area contributed by atoms with Crippen molar-refractivity contribution >= 4 is 11.5 Å². The minimum atomic E-state index is -0.843. The Balaban J connectivity index is 2.70. The van der Waals surface area contributed by atoms with Crippen LogP contribution >= 0.6 is 0 Å². The first-order chi connectivity index (χ1) is 7.19. The highest BCUT2D eigenvalue weighted by Gasteiger charge is 2.17. The second-order valence-corrected chi connectivity index (χ2v) is 3.02. The molecule has 0 saturated carbocycles. The number of pyridine rings is 1. The maximum absolute atomic E-state index is 11.6. The average Bonchev–Trinajstić information content (AvgIpc) is 2.23. The number of hydrogen-bond donors (Lipinski definition) is 1. The normalized spacial score (nSPS) is 10.6. The molecule has 1 heterocycles. The van der Waals surface area contributed by atoms with Crippen molar-refractivity contribution in [2.24, 2.45) is 0 Å². The Bertz CT molecular complexity index is 337. The number of methoxy groups -OCH3 is 2. The van der Waals surface area contributed by atoms with Crippen LogP contribution < -0.4 is 5.73 Å². The first kappa shape index (κ1) is 11.6. The number of Topliss-reactive ketones (excluding diaryl/α,β-unsaturated/α-hetero) is 1. The molecular weight excluding hydrogens is 196 g/mol. The highest BCUT2D eigenvalue weighted by molar-refractivity contribution is 5.85. The summed E-state index contributed by atoms with van der Waals surface area (Å²) < 4.78 is 9.68. The fourth-order valence-corrected chi connectivity index (χ4v) is 1.22. The molecule has 15 heavy (non-hydrogen) atoms. The topological polar surface area (TPSA) is 74.4 Å². The van der Waals surface area contributed by atoms with Gasteiger partial charge in [-0.2, -0.15) is 0 Å². The molecule has 1 rings (SSSR count). The Morgan fingerprint density at radius 1 is 1.53 bits per heavy atom. The number of nitrogens with zero attached hydrogens (tertiary/aromatic N) is 1. The van der Waals surface area contributed by atoms with E-state index in [1.165, 1.54) is 14.2 Å². The first-order valence-electron chi connectivity index (χ1n) is 4.45. The number of rotatable bonds is 5. The summed E-state index contributed by atoms with van der Waals surface area (Å²) in [6.45, 7) is 0. The molecule has 0 unspecified atom stereocenters. The molecule has 0 saturated heterocycles. The van der Waals surface area contributed by atoms with Gasteiger partial charge in [-0.25, -0.2) is 0 Å². The molecule has 0 aliphatic heterocycles. The molecule has 0 fully saturated rings. The van der Waals surface area contributed by atoms with Crippen LogP contribution in [-0.2, 0) is 20.7 Å². The molecule has 5 heteroatoms. The number of aromatic nitrogens is 1. The molecule has 0 aliphatic carbocycles. The van der Waals surface area contributed by atoms with Crippen molar-refractivity contribution in [3.63, 3.8) is 0 Å². The van der Waals surface area contributed by atoms with Crippen molar-refractivity contribution in [2.75, 3.05) is 20.0 Å². The lowest BCUT2D eigenvalue weighted by atomic mass is 10.1. The van der Waals surface area contributed by atoms with Crippen LogP contribution in [0.2, 0.25) is 0 Å². The molecule has 0 atom stereocenters. The van der Waals surface area contributed by atoms with Crippen LogP contribution in [0.5, 0.6) is 0 Å². The van der Waals surface area contributed by atoms with E-state index in [0.717, 1.165) is 0 Å². The second kappa shape index (κ2) is 5.43. The van der Waals surface area contributed by atoms with Crippen molar-refractivity contribution in [3.8, 4) is 0 Å². The Kier molecular flexibility index (Phi) is 4.20. The summed E-state index contributed by atoms with van der Waals surface area (Å²) in [7, 11) is 2.83. The third kappa shape index (κ3) is 3.00. The van der Waals surface area contributed by atoms with Crippen LogP contribution in [0.15, 0.2) is 18.5 Å². The molecule has 1 aromatic rings. The number of hydrogen-bond acceptors (Lipinski definition) is 5. The molecule has 0 spiro atoms. The molecule has 0 aliphatic rings. The Morgan fingerprint density at radius 2 is 2.20 bits per heavy atom. The SMILES string of the molecule is COC(OC)C(=O)Cc1cnccc1N. The maximum atomic E-state index is 11.6. The van der Waals surface area contributed by atoms with Gasteiger partial charge in [0.2, 0.25) is 6.29 Å². The van der Waals surface area contributed by atoms with E-state index >= 15 is 0 Å². The van der Waals surface area contributed by atoms with Crippen LogP contribution in [0.4, 0.5) is 5.69 Å². The molecule has 1 aromatic heterocycles. The fourth-order valence-electron chi connectivity index (χ4n) is 1.22. The average molecular weight is 210 g/mol. The Hall–Kier alpha value is -1.46. The zero-order valence-electron chi connectivity index (χ0n) is 8.77. The van der Waals surface area contributed by atoms with E-state index in [9.17, 15) is 4.79 Å². The summed E-state index contributed by atoms with van der Waals surface area (Å²) in [6, 6.07) is 1.65. The van der Waals surface area contributed by atoms with Crippen LogP contribution in [0.1, 0.15) is 5.56 Å². The predicted octanol–water partition coefficient (Wildman–Crippen LogP) is 0.394. The molecular formula is C10H14N2O3. The van der Waals surface area contributed by atoms with Gasteiger partial charge in [0, 0.05) is 44.3 Å². The standard InChI is InChI=1S/C10H14N2O3/c1-14-10(15-2)9(13)5-7-6-12-4-3-8(7)11/h3-4,6,10H,5H2,1-2H3,(H2,11,12). The zero-order valence-corrected chi connectivity index (χ0v) is 8.77. The van der Waals surface area contributed by atoms with Gasteiger partial charge in [-0.3, -0.25) is 9.78 Å². The predicted molar refractivity (Wildman–Crippen MR) is 55.2 cm³/mol. The van der Waals surface area contributed by atoms with Gasteiger partial charge in [-0.05, 0) is 6.07 Å². The van der Waals surface area contributed by atoms with Crippen molar-refractivity contribution in [1.29, 1.82) is 0 Å². The summed E-state index contributed by atoms with van der Waals surface area (Å²) in [4.78, 5) is 15.5. The van der Waals surface area contributed by atoms with Crippen LogP contribution in [0.25, 0.3) is 0 Å². The first-order valence-corrected chi connectivity index (χ1v) is 4.45. The van der Waals surface area contributed by atoms with Gasteiger partial charge < -0.3 is 15.2 Å². The molecule has 82 valence electrons. The number of ketones is 1. The van der Waals surface area contributed by atoms with E-state index in [2.05, 4.69) is 4.98 Å². The van der Waals surface area contributed by atoms with Gasteiger partial charge in [0.1, 0.15) is 0 Å². The van der Waals surface area contributed by atoms with Crippen LogP contribution in [0, 0.1) is 0 Å². The lowest BCUT2D eigenvalue weighted by molar-refractivity contribution is -0.155. The minimum Gasteiger partial charge on any atom is -0.398 e. The van der Waals surface area contributed by atoms with Gasteiger partial charge in [-0.15, -0.1) is 0 Å².